The van der Waals surface area contributed by atoms with Gasteiger partial charge in [-0.2, -0.15) is 15.6 Å². The molecule has 0 aliphatic carbocycles. The summed E-state index contributed by atoms with van der Waals surface area (Å²) < 4.78 is 30.4. The van der Waals surface area contributed by atoms with Crippen LogP contribution in [-0.4, -0.2) is 58.6 Å². The minimum atomic E-state index is -2.31. The van der Waals surface area contributed by atoms with Gasteiger partial charge in [-0.1, -0.05) is 122 Å². The second-order valence-corrected chi connectivity index (χ2v) is 15.4. The minimum absolute atomic E-state index is 0.123. The Hall–Kier alpha value is -3.35. The number of nitrogens with two attached hydrogens (primary N) is 1. The van der Waals surface area contributed by atoms with Crippen LogP contribution in [0.2, 0.25) is 0 Å². The fourth-order valence-electron chi connectivity index (χ4n) is 6.68. The van der Waals surface area contributed by atoms with Gasteiger partial charge >= 0.3 is 8.60 Å². The van der Waals surface area contributed by atoms with Crippen LogP contribution in [0.4, 0.5) is 5.82 Å². The smallest absolute Gasteiger partial charge is 0.330 e. The lowest BCUT2D eigenvalue weighted by molar-refractivity contribution is -0.0212. The van der Waals surface area contributed by atoms with Crippen LogP contribution in [0.15, 0.2) is 36.7 Å². The molecule has 1 aromatic carbocycles. The van der Waals surface area contributed by atoms with Gasteiger partial charge in [0, 0.05) is 12.8 Å². The fourth-order valence-corrected chi connectivity index (χ4v) is 7.37. The van der Waals surface area contributed by atoms with Gasteiger partial charge in [-0.3, -0.25) is 0 Å². The molecule has 0 bridgehead atoms. The van der Waals surface area contributed by atoms with Gasteiger partial charge in [0.15, 0.2) is 11.4 Å². The Morgan fingerprint density at radius 3 is 2.09 bits per heavy atom. The average Bonchev–Trinajstić information content (AvgIpc) is 3.64. The Morgan fingerprint density at radius 1 is 0.873 bits per heavy atom. The number of fused-ring (bicyclic) bond motifs is 1. The lowest BCUT2D eigenvalue weighted by atomic mass is 9.99. The molecule has 3 aromatic rings. The molecule has 0 saturated carbocycles. The molecule has 0 saturated heterocycles. The molecule has 3 N–H and O–H groups in total. The van der Waals surface area contributed by atoms with Crippen molar-refractivity contribution < 1.29 is 28.2 Å². The van der Waals surface area contributed by atoms with Crippen LogP contribution in [-0.2, 0) is 31.5 Å². The van der Waals surface area contributed by atoms with E-state index in [1.165, 1.54) is 117 Å². The van der Waals surface area contributed by atoms with Crippen molar-refractivity contribution in [1.29, 1.82) is 10.5 Å². The highest BCUT2D eigenvalue weighted by atomic mass is 31.2. The Kier molecular flexibility index (Phi) is 22.8. The van der Waals surface area contributed by atoms with E-state index in [9.17, 15) is 15.4 Å². The van der Waals surface area contributed by atoms with E-state index in [2.05, 4.69) is 29.1 Å². The van der Waals surface area contributed by atoms with E-state index in [-0.39, 0.29) is 25.7 Å². The van der Waals surface area contributed by atoms with E-state index in [1.54, 1.807) is 16.6 Å². The molecule has 0 aliphatic heterocycles. The molecule has 12 nitrogen and oxygen atoms in total. The highest BCUT2D eigenvalue weighted by Crippen LogP contribution is 2.36. The number of rotatable bonds is 32. The van der Waals surface area contributed by atoms with E-state index in [4.69, 9.17) is 29.0 Å². The first-order chi connectivity index (χ1) is 26.9. The summed E-state index contributed by atoms with van der Waals surface area (Å²) in [6.45, 7) is 2.51. The van der Waals surface area contributed by atoms with Gasteiger partial charge in [-0.25, -0.2) is 9.50 Å². The Labute approximate surface area is 330 Å². The Morgan fingerprint density at radius 2 is 1.51 bits per heavy atom. The van der Waals surface area contributed by atoms with E-state index < -0.39 is 14.2 Å². The summed E-state index contributed by atoms with van der Waals surface area (Å²) in [5, 5.41) is 23.7. The average molecular weight is 781 g/mol. The van der Waals surface area contributed by atoms with Crippen LogP contribution in [0.5, 0.6) is 5.75 Å². The monoisotopic (exact) mass is 780 g/mol. The van der Waals surface area contributed by atoms with Crippen molar-refractivity contribution in [3.63, 3.8) is 0 Å². The number of benzene rings is 1. The molecule has 3 rings (SSSR count). The van der Waals surface area contributed by atoms with Crippen molar-refractivity contribution in [2.45, 2.75) is 154 Å². The highest BCUT2D eigenvalue weighted by molar-refractivity contribution is 7.40. The predicted molar refractivity (Wildman–Crippen MR) is 217 cm³/mol. The zero-order chi connectivity index (χ0) is 39.6. The van der Waals surface area contributed by atoms with E-state index in [1.807, 2.05) is 18.2 Å². The zero-order valence-corrected chi connectivity index (χ0v) is 34.4. The molecular formula is C42H65N6O6P. The van der Waals surface area contributed by atoms with Crippen molar-refractivity contribution in [3.05, 3.63) is 53.5 Å². The van der Waals surface area contributed by atoms with Crippen LogP contribution in [0.25, 0.3) is 5.52 Å². The second kappa shape index (κ2) is 27.3. The second-order valence-electron chi connectivity index (χ2n) is 14.4. The normalized spacial score (nSPS) is 13.6. The number of anilines is 1. The topological polar surface area (TPSA) is 170 Å². The maximum atomic E-state index is 10.7. The quantitative estimate of drug-likeness (QED) is 0.0456. The first-order valence-corrected chi connectivity index (χ1v) is 21.5. The molecule has 3 atom stereocenters. The number of hydrogen-bond acceptors (Lipinski definition) is 11. The van der Waals surface area contributed by atoms with Crippen molar-refractivity contribution in [2.75, 3.05) is 33.2 Å². The van der Waals surface area contributed by atoms with Crippen molar-refractivity contribution >= 4 is 19.9 Å². The van der Waals surface area contributed by atoms with Gasteiger partial charge in [0.2, 0.25) is 0 Å². The van der Waals surface area contributed by atoms with Crippen LogP contribution >= 0.6 is 8.60 Å². The van der Waals surface area contributed by atoms with Gasteiger partial charge in [0.25, 0.3) is 0 Å². The number of nitrogen functional groups attached to an aromatic ring is 1. The number of methoxy groups -OCH3 is 2. The molecule has 13 heteroatoms. The molecule has 0 amide bonds. The van der Waals surface area contributed by atoms with Crippen LogP contribution < -0.4 is 10.5 Å². The summed E-state index contributed by atoms with van der Waals surface area (Å²) >= 11 is 0. The minimum Gasteiger partial charge on any atom is -0.495 e. The summed E-state index contributed by atoms with van der Waals surface area (Å²) in [5.74, 6) is 0.869. The molecule has 3 unspecified atom stereocenters. The molecule has 0 radical (unpaired) electrons. The molecule has 0 spiro atoms. The summed E-state index contributed by atoms with van der Waals surface area (Å²) in [7, 11) is 0.682. The highest BCUT2D eigenvalue weighted by Gasteiger charge is 2.32. The van der Waals surface area contributed by atoms with Gasteiger partial charge in [-0.05, 0) is 49.1 Å². The van der Waals surface area contributed by atoms with Gasteiger partial charge in [-0.15, -0.1) is 0 Å². The van der Waals surface area contributed by atoms with Crippen molar-refractivity contribution in [2.24, 2.45) is 0 Å². The molecule has 304 valence electrons. The Balaban J connectivity index is 1.40. The van der Waals surface area contributed by atoms with Gasteiger partial charge < -0.3 is 33.9 Å². The van der Waals surface area contributed by atoms with E-state index in [0.717, 1.165) is 30.5 Å². The van der Waals surface area contributed by atoms with E-state index >= 15 is 0 Å². The molecular weight excluding hydrogens is 715 g/mol. The standard InChI is InChI=1S/C42H65N6O6P/c1-4-5-6-7-8-9-10-11-12-13-14-15-16-17-18-19-20-21-38(52-30-35-22-23-36(29-43)40(28-35)50-2)31-53-55(49)54-33-42(32-44,51-3)27-26-37-24-25-39-41(45)46-34-47-48(37)39/h22-25,28,34,38,49H,4-21,26-27,30-31,33H2,1-3H3,(H2,45,46,47). The summed E-state index contributed by atoms with van der Waals surface area (Å²) in [6.07, 6.45) is 24.9. The van der Waals surface area contributed by atoms with Crippen molar-refractivity contribution in [1.82, 2.24) is 14.6 Å². The number of aryl methyl sites for hydroxylation is 1. The van der Waals surface area contributed by atoms with Crippen LogP contribution in [0, 0.1) is 22.7 Å². The first kappa shape index (κ1) is 46.0. The molecule has 2 aromatic heterocycles. The summed E-state index contributed by atoms with van der Waals surface area (Å²) in [4.78, 5) is 14.7. The molecule has 55 heavy (non-hydrogen) atoms. The van der Waals surface area contributed by atoms with Gasteiger partial charge in [0.05, 0.1) is 38.6 Å². The van der Waals surface area contributed by atoms with Crippen LogP contribution in [0.1, 0.15) is 146 Å². The third-order valence-corrected chi connectivity index (χ3v) is 10.9. The maximum Gasteiger partial charge on any atom is 0.330 e. The molecule has 0 fully saturated rings. The summed E-state index contributed by atoms with van der Waals surface area (Å²) in [5.41, 5.74) is 7.51. The number of ether oxygens (including phenoxy) is 3. The predicted octanol–water partition coefficient (Wildman–Crippen LogP) is 9.91. The number of unbranched alkanes of at least 4 members (excludes halogenated alkanes) is 16. The maximum absolute atomic E-state index is 10.7. The number of nitrogens with zero attached hydrogens (tertiary/aromatic N) is 5. The molecule has 0 aliphatic rings. The lowest BCUT2D eigenvalue weighted by Gasteiger charge is -2.26. The zero-order valence-electron chi connectivity index (χ0n) is 33.6. The molecule has 2 heterocycles. The third kappa shape index (κ3) is 17.1. The number of nitriles is 2. The van der Waals surface area contributed by atoms with E-state index in [0.29, 0.717) is 35.7 Å². The van der Waals surface area contributed by atoms with Crippen molar-refractivity contribution in [3.8, 4) is 17.9 Å². The number of hydrogen-bond donors (Lipinski definition) is 2. The van der Waals surface area contributed by atoms with Crippen LogP contribution in [0.3, 0.4) is 0 Å². The summed E-state index contributed by atoms with van der Waals surface area (Å²) in [6, 6.07) is 13.4. The third-order valence-electron chi connectivity index (χ3n) is 10.2. The SMILES string of the molecule is CCCCCCCCCCCCCCCCCCCC(COP(O)OCC(C#N)(CCc1ccc2c(N)ncnn12)OC)OCc1ccc(C#N)c(OC)c1. The first-order valence-electron chi connectivity index (χ1n) is 20.4. The fraction of sp³-hybridized carbons (Fsp3) is 0.667. The Bertz CT molecular complexity index is 1580. The number of aromatic nitrogens is 3. The lowest BCUT2D eigenvalue weighted by Crippen LogP contribution is -2.35. The van der Waals surface area contributed by atoms with Gasteiger partial charge in [0.1, 0.15) is 29.7 Å². The largest absolute Gasteiger partial charge is 0.495 e.